The Balaban J connectivity index is 1.24. The molecule has 2 aliphatic carbocycles. The highest BCUT2D eigenvalue weighted by molar-refractivity contribution is 5.72. The van der Waals surface area contributed by atoms with Gasteiger partial charge in [0.2, 0.25) is 6.79 Å². The maximum atomic E-state index is 13.3. The molecule has 2 aromatic rings. The van der Waals surface area contributed by atoms with Crippen LogP contribution in [-0.4, -0.2) is 36.3 Å². The number of carbonyl (C=O) groups excluding carboxylic acids is 1. The maximum absolute atomic E-state index is 13.3. The van der Waals surface area contributed by atoms with Crippen molar-refractivity contribution in [1.29, 1.82) is 5.41 Å². The summed E-state index contributed by atoms with van der Waals surface area (Å²) in [7, 11) is 0. The van der Waals surface area contributed by atoms with Crippen molar-refractivity contribution in [2.24, 2.45) is 17.3 Å². The van der Waals surface area contributed by atoms with E-state index in [2.05, 4.69) is 39.8 Å². The molecular weight excluding hydrogens is 500 g/mol. The number of nitrogens with one attached hydrogen (secondary N) is 1. The van der Waals surface area contributed by atoms with Gasteiger partial charge in [0.1, 0.15) is 12.4 Å². The topological polar surface area (TPSA) is 71.9 Å². The molecule has 1 N–H and O–H groups in total. The van der Waals surface area contributed by atoms with Crippen molar-refractivity contribution in [3.63, 3.8) is 0 Å². The normalized spacial score (nSPS) is 24.4. The van der Waals surface area contributed by atoms with Gasteiger partial charge in [-0.1, -0.05) is 76.9 Å². The third-order valence-corrected chi connectivity index (χ3v) is 9.20. The fourth-order valence-electron chi connectivity index (χ4n) is 7.76. The van der Waals surface area contributed by atoms with E-state index in [0.717, 1.165) is 50.0 Å². The van der Waals surface area contributed by atoms with Gasteiger partial charge in [0.25, 0.3) is 0 Å². The highest BCUT2D eigenvalue weighted by Crippen LogP contribution is 2.56. The van der Waals surface area contributed by atoms with Crippen LogP contribution in [0.1, 0.15) is 89.3 Å². The Kier molecular flexibility index (Phi) is 8.44. The molecule has 1 aliphatic heterocycles. The molecule has 1 amide bonds. The summed E-state index contributed by atoms with van der Waals surface area (Å²) in [6.07, 6.45) is 8.04. The zero-order chi connectivity index (χ0) is 28.3. The summed E-state index contributed by atoms with van der Waals surface area (Å²) in [6.45, 7) is 9.96. The number of nitrogens with zero attached hydrogens (tertiary/aromatic N) is 1. The number of carbonyl (C=O) groups is 1. The molecule has 2 aromatic carbocycles. The molecule has 1 saturated heterocycles. The second-order valence-corrected chi connectivity index (χ2v) is 13.5. The van der Waals surface area contributed by atoms with E-state index in [1.165, 1.54) is 24.0 Å². The first kappa shape index (κ1) is 28.5. The lowest BCUT2D eigenvalue weighted by Crippen LogP contribution is -2.62. The molecule has 6 heteroatoms. The third-order valence-electron chi connectivity index (χ3n) is 9.20. The molecule has 2 bridgehead atoms. The van der Waals surface area contributed by atoms with Gasteiger partial charge in [-0.15, -0.1) is 0 Å². The number of benzene rings is 2. The van der Waals surface area contributed by atoms with Gasteiger partial charge in [0, 0.05) is 24.4 Å². The van der Waals surface area contributed by atoms with Gasteiger partial charge >= 0.3 is 6.09 Å². The summed E-state index contributed by atoms with van der Waals surface area (Å²) >= 11 is 0. The number of likely N-dealkylation sites (tertiary alicyclic amines) is 1. The summed E-state index contributed by atoms with van der Waals surface area (Å²) in [6, 6.07) is 16.5. The smallest absolute Gasteiger partial charge is 0.410 e. The molecular formula is C34H46N2O4. The molecule has 1 heterocycles. The number of fused-ring (bicyclic) bond motifs is 1. The zero-order valence-electron chi connectivity index (χ0n) is 24.7. The van der Waals surface area contributed by atoms with Gasteiger partial charge in [-0.2, -0.15) is 0 Å². The fraction of sp³-hybridized carbons (Fsp3) is 0.588. The predicted octanol–water partition coefficient (Wildman–Crippen LogP) is 7.87. The van der Waals surface area contributed by atoms with Crippen molar-refractivity contribution in [2.75, 3.05) is 13.3 Å². The summed E-state index contributed by atoms with van der Waals surface area (Å²) in [5.74, 6) is 1.93. The van der Waals surface area contributed by atoms with Crippen LogP contribution in [0.2, 0.25) is 0 Å². The maximum Gasteiger partial charge on any atom is 0.410 e. The van der Waals surface area contributed by atoms with Gasteiger partial charge in [0.15, 0.2) is 5.90 Å². The van der Waals surface area contributed by atoms with E-state index in [-0.39, 0.29) is 35.7 Å². The number of hydrogen-bond acceptors (Lipinski definition) is 5. The Bertz CT molecular complexity index is 1190. The van der Waals surface area contributed by atoms with E-state index >= 15 is 0 Å². The van der Waals surface area contributed by atoms with Gasteiger partial charge in [-0.05, 0) is 78.2 Å². The van der Waals surface area contributed by atoms with Gasteiger partial charge < -0.3 is 19.1 Å². The molecule has 3 aliphatic rings. The van der Waals surface area contributed by atoms with Crippen LogP contribution in [0.15, 0.2) is 48.5 Å². The molecule has 216 valence electrons. The van der Waals surface area contributed by atoms with E-state index < -0.39 is 0 Å². The van der Waals surface area contributed by atoms with Crippen LogP contribution < -0.4 is 4.74 Å². The summed E-state index contributed by atoms with van der Waals surface area (Å²) in [4.78, 5) is 15.3. The third kappa shape index (κ3) is 6.31. The number of piperidine rings is 1. The highest BCUT2D eigenvalue weighted by Gasteiger charge is 2.55. The van der Waals surface area contributed by atoms with Crippen LogP contribution in [-0.2, 0) is 27.9 Å². The Morgan fingerprint density at radius 1 is 1.10 bits per heavy atom. The summed E-state index contributed by atoms with van der Waals surface area (Å²) in [5, 5.41) is 8.24. The van der Waals surface area contributed by atoms with Crippen LogP contribution in [0.3, 0.4) is 0 Å². The number of amides is 1. The standard InChI is InChI=1S/C34H46N2O4/c1-24(21-33(2,3)4)18-31(35)40-23-39-27-14-13-26-19-30-28-12-8-9-15-34(28,29(26)20-27)16-17-36(30)32(37)38-22-25-10-6-5-7-11-25/h5-7,10-11,13-14,20,24,28,30,35H,8-9,12,15-19,21-23H2,1-4H3/t24?,28-,30+,34+/m1/s1. The molecule has 1 saturated carbocycles. The number of rotatable bonds is 8. The second kappa shape index (κ2) is 11.8. The monoisotopic (exact) mass is 546 g/mol. The van der Waals surface area contributed by atoms with Crippen LogP contribution in [0, 0.1) is 22.7 Å². The Hall–Kier alpha value is -3.02. The molecule has 0 spiro atoms. The first-order valence-corrected chi connectivity index (χ1v) is 15.1. The molecule has 2 fully saturated rings. The van der Waals surface area contributed by atoms with Crippen LogP contribution in [0.25, 0.3) is 0 Å². The van der Waals surface area contributed by atoms with Crippen molar-refractivity contribution < 1.29 is 19.0 Å². The minimum Gasteiger partial charge on any atom is -0.457 e. The van der Waals surface area contributed by atoms with Crippen LogP contribution in [0.5, 0.6) is 5.75 Å². The van der Waals surface area contributed by atoms with E-state index in [4.69, 9.17) is 19.6 Å². The van der Waals surface area contributed by atoms with Crippen molar-refractivity contribution in [1.82, 2.24) is 4.90 Å². The minimum absolute atomic E-state index is 0.0555. The SMILES string of the molecule is CC(CC(=N)OCOc1ccc2c(c1)[C@]13CCCC[C@@H]1[C@H](C2)N(C(=O)OCc1ccccc1)CC3)CC(C)(C)C. The minimum atomic E-state index is -0.187. The lowest BCUT2D eigenvalue weighted by molar-refractivity contribution is -0.0138. The molecule has 5 rings (SSSR count). The molecule has 6 nitrogen and oxygen atoms in total. The van der Waals surface area contributed by atoms with Crippen LogP contribution >= 0.6 is 0 Å². The van der Waals surface area contributed by atoms with Crippen molar-refractivity contribution in [2.45, 2.75) is 97.1 Å². The Morgan fingerprint density at radius 3 is 2.67 bits per heavy atom. The summed E-state index contributed by atoms with van der Waals surface area (Å²) in [5.41, 5.74) is 4.06. The van der Waals surface area contributed by atoms with Crippen molar-refractivity contribution in [3.05, 3.63) is 65.2 Å². The molecule has 40 heavy (non-hydrogen) atoms. The first-order valence-electron chi connectivity index (χ1n) is 15.1. The first-order chi connectivity index (χ1) is 19.1. The molecule has 1 unspecified atom stereocenters. The molecule has 0 radical (unpaired) electrons. The molecule has 0 aromatic heterocycles. The van der Waals surface area contributed by atoms with Gasteiger partial charge in [-0.3, -0.25) is 5.41 Å². The Labute approximate surface area is 239 Å². The second-order valence-electron chi connectivity index (χ2n) is 13.5. The zero-order valence-corrected chi connectivity index (χ0v) is 24.7. The van der Waals surface area contributed by atoms with E-state index in [1.54, 1.807) is 0 Å². The van der Waals surface area contributed by atoms with Gasteiger partial charge in [0.05, 0.1) is 0 Å². The number of ether oxygens (including phenoxy) is 3. The lowest BCUT2D eigenvalue weighted by atomic mass is 9.52. The van der Waals surface area contributed by atoms with E-state index in [1.807, 2.05) is 41.3 Å². The summed E-state index contributed by atoms with van der Waals surface area (Å²) < 4.78 is 17.5. The number of hydrogen-bond donors (Lipinski definition) is 1. The van der Waals surface area contributed by atoms with Gasteiger partial charge in [-0.25, -0.2) is 4.79 Å². The van der Waals surface area contributed by atoms with Crippen molar-refractivity contribution in [3.8, 4) is 5.75 Å². The predicted molar refractivity (Wildman–Crippen MR) is 158 cm³/mol. The van der Waals surface area contributed by atoms with E-state index in [0.29, 0.717) is 24.9 Å². The lowest BCUT2D eigenvalue weighted by Gasteiger charge is -2.58. The average Bonchev–Trinajstić information content (AvgIpc) is 2.91. The fourth-order valence-corrected chi connectivity index (χ4v) is 7.76. The van der Waals surface area contributed by atoms with E-state index in [9.17, 15) is 4.79 Å². The van der Waals surface area contributed by atoms with Crippen molar-refractivity contribution >= 4 is 12.0 Å². The highest BCUT2D eigenvalue weighted by atomic mass is 16.7. The Morgan fingerprint density at radius 2 is 1.90 bits per heavy atom. The molecule has 4 atom stereocenters. The largest absolute Gasteiger partial charge is 0.457 e. The van der Waals surface area contributed by atoms with Crippen LogP contribution in [0.4, 0.5) is 4.79 Å². The average molecular weight is 547 g/mol. The quantitative estimate of drug-likeness (QED) is 0.208.